The van der Waals surface area contributed by atoms with Gasteiger partial charge in [-0.15, -0.1) is 0 Å². The first-order chi connectivity index (χ1) is 12.5. The van der Waals surface area contributed by atoms with Crippen LogP contribution in [0.4, 0.5) is 0 Å². The highest BCUT2D eigenvalue weighted by Gasteiger charge is 2.56. The Hall–Kier alpha value is -2.67. The van der Waals surface area contributed by atoms with Crippen molar-refractivity contribution in [2.24, 2.45) is 5.92 Å². The van der Waals surface area contributed by atoms with Crippen molar-refractivity contribution in [3.05, 3.63) is 51.2 Å². The summed E-state index contributed by atoms with van der Waals surface area (Å²) in [6, 6.07) is 3.54. The molecule has 1 aliphatic heterocycles. The molecule has 1 spiro atoms. The molecule has 0 unspecified atom stereocenters. The van der Waals surface area contributed by atoms with Crippen molar-refractivity contribution in [1.29, 1.82) is 0 Å². The van der Waals surface area contributed by atoms with Gasteiger partial charge in [0, 0.05) is 36.5 Å². The maximum atomic E-state index is 12.1. The van der Waals surface area contributed by atoms with Crippen LogP contribution in [0.1, 0.15) is 30.9 Å². The number of methoxy groups -OCH3 is 1. The van der Waals surface area contributed by atoms with E-state index in [1.165, 1.54) is 6.08 Å². The number of ketones is 1. The predicted molar refractivity (Wildman–Crippen MR) is 92.6 cm³/mol. The fourth-order valence-corrected chi connectivity index (χ4v) is 4.37. The third-order valence-electron chi connectivity index (χ3n) is 5.41. The normalized spacial score (nSPS) is 28.5. The first-order valence-corrected chi connectivity index (χ1v) is 8.58. The molecule has 0 radical (unpaired) electrons. The van der Waals surface area contributed by atoms with Crippen molar-refractivity contribution in [1.82, 2.24) is 0 Å². The van der Waals surface area contributed by atoms with Gasteiger partial charge in [-0.1, -0.05) is 12.1 Å². The number of carbonyl (C=O) groups excluding carboxylic acids is 1. The smallest absolute Gasteiger partial charge is 0.251 e. The fourth-order valence-electron chi connectivity index (χ4n) is 4.37. The van der Waals surface area contributed by atoms with Gasteiger partial charge in [-0.2, -0.15) is 0 Å². The van der Waals surface area contributed by atoms with Crippen LogP contribution in [0.25, 0.3) is 6.08 Å². The monoisotopic (exact) mass is 357 g/mol. The molecule has 7 nitrogen and oxygen atoms in total. The molecule has 0 amide bonds. The third-order valence-corrected chi connectivity index (χ3v) is 5.41. The summed E-state index contributed by atoms with van der Waals surface area (Å²) in [6.45, 7) is 2.31. The van der Waals surface area contributed by atoms with Crippen LogP contribution in [0.5, 0.6) is 11.5 Å². The predicted octanol–water partition coefficient (Wildman–Crippen LogP) is 2.85. The molecule has 0 fully saturated rings. The number of hydrogen-bond acceptors (Lipinski definition) is 6. The van der Waals surface area contributed by atoms with Gasteiger partial charge in [-0.3, -0.25) is 14.9 Å². The Kier molecular flexibility index (Phi) is 3.84. The number of hydrogen-bond donors (Lipinski definition) is 0. The Labute approximate surface area is 150 Å². The van der Waals surface area contributed by atoms with Crippen molar-refractivity contribution in [2.75, 3.05) is 13.7 Å². The van der Waals surface area contributed by atoms with Crippen molar-refractivity contribution < 1.29 is 23.9 Å². The summed E-state index contributed by atoms with van der Waals surface area (Å²) < 4.78 is 17.2. The highest BCUT2D eigenvalue weighted by molar-refractivity contribution is 5.92. The zero-order valence-corrected chi connectivity index (χ0v) is 14.6. The van der Waals surface area contributed by atoms with Crippen LogP contribution >= 0.6 is 0 Å². The maximum absolute atomic E-state index is 12.1. The molecule has 26 heavy (non-hydrogen) atoms. The first-order valence-electron chi connectivity index (χ1n) is 8.58. The van der Waals surface area contributed by atoms with E-state index in [9.17, 15) is 14.9 Å². The minimum absolute atomic E-state index is 0.0588. The molecule has 1 aromatic carbocycles. The number of nitrogens with zero attached hydrogens (tertiary/aromatic N) is 1. The van der Waals surface area contributed by atoms with Crippen molar-refractivity contribution in [3.8, 4) is 11.5 Å². The van der Waals surface area contributed by atoms with Gasteiger partial charge < -0.3 is 14.2 Å². The second kappa shape index (κ2) is 5.95. The Morgan fingerprint density at radius 3 is 2.92 bits per heavy atom. The van der Waals surface area contributed by atoms with Crippen LogP contribution in [0.3, 0.4) is 0 Å². The van der Waals surface area contributed by atoms with Gasteiger partial charge in [-0.05, 0) is 24.6 Å². The molecule has 0 N–H and O–H groups in total. The topological polar surface area (TPSA) is 87.9 Å². The maximum Gasteiger partial charge on any atom is 0.251 e. The van der Waals surface area contributed by atoms with Gasteiger partial charge in [0.15, 0.2) is 17.3 Å². The average molecular weight is 357 g/mol. The minimum Gasteiger partial charge on any atom is -0.493 e. The molecule has 4 rings (SSSR count). The molecule has 3 atom stereocenters. The fraction of sp³-hybridized carbons (Fsp3) is 0.421. The molecule has 3 aliphatic rings. The summed E-state index contributed by atoms with van der Waals surface area (Å²) in [7, 11) is 1.55. The summed E-state index contributed by atoms with van der Waals surface area (Å²) in [5.74, 6) is 0.424. The lowest BCUT2D eigenvalue weighted by Gasteiger charge is -2.47. The van der Waals surface area contributed by atoms with Gasteiger partial charge in [0.1, 0.15) is 0 Å². The number of ether oxygens (including phenoxy) is 3. The minimum atomic E-state index is -0.720. The molecule has 0 bridgehead atoms. The van der Waals surface area contributed by atoms with Crippen molar-refractivity contribution >= 4 is 11.9 Å². The summed E-state index contributed by atoms with van der Waals surface area (Å²) in [5.41, 5.74) is 0.899. The Morgan fingerprint density at radius 2 is 2.23 bits per heavy atom. The van der Waals surface area contributed by atoms with E-state index in [-0.39, 0.29) is 22.8 Å². The molecule has 1 aromatic rings. The van der Waals surface area contributed by atoms with Crippen LogP contribution in [0.2, 0.25) is 0 Å². The standard InChI is InChI=1S/C19H19NO6/c1-3-25-16-10-19-7-6-12(21)9-13(19)14(20(22)23)8-11-4-5-15(24-2)18(26-16)17(11)19/h4-8,13,16H,3,9-10H2,1-2H3/t13-,16-,19+/m0/s1. The molecule has 0 saturated heterocycles. The Bertz CT molecular complexity index is 858. The lowest BCUT2D eigenvalue weighted by atomic mass is 9.58. The van der Waals surface area contributed by atoms with Crippen LogP contribution in [0, 0.1) is 16.0 Å². The highest BCUT2D eigenvalue weighted by Crippen LogP contribution is 2.58. The van der Waals surface area contributed by atoms with Crippen LogP contribution in [-0.2, 0) is 14.9 Å². The highest BCUT2D eigenvalue weighted by atomic mass is 16.7. The average Bonchev–Trinajstić information content (AvgIpc) is 2.62. The van der Waals surface area contributed by atoms with Crippen LogP contribution in [-0.4, -0.2) is 30.7 Å². The second-order valence-corrected chi connectivity index (χ2v) is 6.69. The number of rotatable bonds is 4. The van der Waals surface area contributed by atoms with E-state index in [1.807, 2.05) is 6.92 Å². The van der Waals surface area contributed by atoms with Crippen LogP contribution in [0.15, 0.2) is 30.0 Å². The molecule has 0 aromatic heterocycles. The molecule has 1 heterocycles. The summed E-state index contributed by atoms with van der Waals surface area (Å²) in [4.78, 5) is 23.4. The molecule has 0 saturated carbocycles. The van der Waals surface area contributed by atoms with E-state index in [0.717, 1.165) is 11.1 Å². The molecule has 136 valence electrons. The summed E-state index contributed by atoms with van der Waals surface area (Å²) >= 11 is 0. The van der Waals surface area contributed by atoms with E-state index in [2.05, 4.69) is 0 Å². The lowest BCUT2D eigenvalue weighted by Crippen LogP contribution is -2.49. The largest absolute Gasteiger partial charge is 0.493 e. The summed E-state index contributed by atoms with van der Waals surface area (Å²) in [6.07, 6.45) is 4.82. The lowest BCUT2D eigenvalue weighted by molar-refractivity contribution is -0.434. The first kappa shape index (κ1) is 16.8. The number of carbonyl (C=O) groups is 1. The van der Waals surface area contributed by atoms with Gasteiger partial charge in [0.25, 0.3) is 5.70 Å². The van der Waals surface area contributed by atoms with E-state index in [1.54, 1.807) is 31.4 Å². The van der Waals surface area contributed by atoms with Crippen LogP contribution < -0.4 is 9.47 Å². The van der Waals surface area contributed by atoms with Gasteiger partial charge in [0.2, 0.25) is 6.29 Å². The molecular weight excluding hydrogens is 338 g/mol. The number of benzene rings is 1. The molecular formula is C19H19NO6. The van der Waals surface area contributed by atoms with E-state index in [0.29, 0.717) is 24.5 Å². The van der Waals surface area contributed by atoms with Gasteiger partial charge in [-0.25, -0.2) is 0 Å². The quantitative estimate of drug-likeness (QED) is 0.608. The SMILES string of the molecule is CCO[C@@H]1C[C@]23C=CC(=O)C[C@H]2C([N+](=O)[O-])=Cc2ccc(OC)c(c23)O1. The Morgan fingerprint density at radius 1 is 1.42 bits per heavy atom. The number of allylic oxidation sites excluding steroid dienone is 3. The molecule has 2 aliphatic carbocycles. The Balaban J connectivity index is 2.02. The zero-order chi connectivity index (χ0) is 18.5. The van der Waals surface area contributed by atoms with Crippen molar-refractivity contribution in [3.63, 3.8) is 0 Å². The van der Waals surface area contributed by atoms with E-state index in [4.69, 9.17) is 14.2 Å². The van der Waals surface area contributed by atoms with E-state index < -0.39 is 17.6 Å². The number of nitro groups is 1. The second-order valence-electron chi connectivity index (χ2n) is 6.69. The molecule has 7 heteroatoms. The summed E-state index contributed by atoms with van der Waals surface area (Å²) in [5, 5.41) is 11.7. The zero-order valence-electron chi connectivity index (χ0n) is 14.6. The third kappa shape index (κ3) is 2.27. The van der Waals surface area contributed by atoms with E-state index >= 15 is 0 Å². The van der Waals surface area contributed by atoms with Crippen molar-refractivity contribution in [2.45, 2.75) is 31.5 Å². The van der Waals surface area contributed by atoms with Gasteiger partial charge in [0.05, 0.1) is 18.0 Å². The van der Waals surface area contributed by atoms with Gasteiger partial charge >= 0.3 is 0 Å².